The second kappa shape index (κ2) is 5.00. The zero-order chi connectivity index (χ0) is 10.4. The van der Waals surface area contributed by atoms with Crippen LogP contribution in [-0.4, -0.2) is 12.5 Å². The van der Waals surface area contributed by atoms with Gasteiger partial charge < -0.3 is 11.1 Å². The van der Waals surface area contributed by atoms with Crippen molar-refractivity contribution >= 4 is 11.6 Å². The highest BCUT2D eigenvalue weighted by Gasteiger charge is 2.00. The molecular formula is C10H11N3O. The number of nitrogens with one attached hydrogen (secondary N) is 1. The molecule has 0 aliphatic carbocycles. The quantitative estimate of drug-likeness (QED) is 0.739. The van der Waals surface area contributed by atoms with E-state index in [-0.39, 0.29) is 12.3 Å². The van der Waals surface area contributed by atoms with Gasteiger partial charge in [0.2, 0.25) is 5.91 Å². The monoisotopic (exact) mass is 189 g/mol. The summed E-state index contributed by atoms with van der Waals surface area (Å²) in [5.74, 6) is -0.136. The van der Waals surface area contributed by atoms with E-state index < -0.39 is 0 Å². The summed E-state index contributed by atoms with van der Waals surface area (Å²) in [5.41, 5.74) is 6.38. The van der Waals surface area contributed by atoms with E-state index >= 15 is 0 Å². The van der Waals surface area contributed by atoms with Crippen LogP contribution in [0.3, 0.4) is 0 Å². The van der Waals surface area contributed by atoms with Gasteiger partial charge in [-0.2, -0.15) is 5.26 Å². The Labute approximate surface area is 82.3 Å². The van der Waals surface area contributed by atoms with Gasteiger partial charge in [-0.25, -0.2) is 0 Å². The van der Waals surface area contributed by atoms with Crippen LogP contribution in [0.15, 0.2) is 24.3 Å². The van der Waals surface area contributed by atoms with Crippen molar-refractivity contribution < 1.29 is 4.79 Å². The molecule has 4 heteroatoms. The first-order valence-electron chi connectivity index (χ1n) is 4.26. The third-order valence-corrected chi connectivity index (χ3v) is 1.65. The summed E-state index contributed by atoms with van der Waals surface area (Å²) in [6.07, 6.45) is 0.288. The average Bonchev–Trinajstić information content (AvgIpc) is 2.18. The van der Waals surface area contributed by atoms with Crippen molar-refractivity contribution in [3.05, 3.63) is 29.8 Å². The minimum atomic E-state index is -0.136. The topological polar surface area (TPSA) is 78.9 Å². The fourth-order valence-electron chi connectivity index (χ4n) is 1.02. The van der Waals surface area contributed by atoms with Crippen molar-refractivity contribution in [2.45, 2.75) is 6.42 Å². The molecule has 0 aliphatic rings. The Hall–Kier alpha value is -1.86. The molecule has 0 fully saturated rings. The van der Waals surface area contributed by atoms with Gasteiger partial charge in [-0.05, 0) is 18.2 Å². The van der Waals surface area contributed by atoms with E-state index in [1.165, 1.54) is 0 Å². The molecule has 72 valence electrons. The molecule has 0 saturated carbocycles. The lowest BCUT2D eigenvalue weighted by atomic mass is 10.2. The molecule has 3 N–H and O–H groups in total. The van der Waals surface area contributed by atoms with E-state index in [1.807, 2.05) is 6.07 Å². The maximum absolute atomic E-state index is 11.1. The van der Waals surface area contributed by atoms with E-state index in [2.05, 4.69) is 5.32 Å². The van der Waals surface area contributed by atoms with E-state index in [4.69, 9.17) is 11.0 Å². The van der Waals surface area contributed by atoms with Crippen LogP contribution in [0, 0.1) is 11.3 Å². The minimum Gasteiger partial charge on any atom is -0.330 e. The van der Waals surface area contributed by atoms with E-state index in [1.54, 1.807) is 24.3 Å². The molecule has 14 heavy (non-hydrogen) atoms. The van der Waals surface area contributed by atoms with Crippen molar-refractivity contribution in [3.63, 3.8) is 0 Å². The van der Waals surface area contributed by atoms with Crippen molar-refractivity contribution in [1.29, 1.82) is 5.26 Å². The molecule has 0 saturated heterocycles. The highest BCUT2D eigenvalue weighted by atomic mass is 16.1. The second-order valence-corrected chi connectivity index (χ2v) is 2.78. The molecule has 4 nitrogen and oxygen atoms in total. The SMILES string of the molecule is N#Cc1cccc(NC(=O)CCN)c1. The first-order chi connectivity index (χ1) is 6.76. The molecular weight excluding hydrogens is 178 g/mol. The van der Waals surface area contributed by atoms with E-state index in [0.717, 1.165) is 0 Å². The van der Waals surface area contributed by atoms with Gasteiger partial charge in [0, 0.05) is 18.7 Å². The Bertz CT molecular complexity index is 368. The standard InChI is InChI=1S/C10H11N3O/c11-5-4-10(14)13-9-3-1-2-8(6-9)7-12/h1-3,6H,4-5,11H2,(H,13,14). The molecule has 0 bridgehead atoms. The number of rotatable bonds is 3. The Morgan fingerprint density at radius 1 is 1.57 bits per heavy atom. The summed E-state index contributed by atoms with van der Waals surface area (Å²) in [5, 5.41) is 11.3. The predicted molar refractivity (Wildman–Crippen MR) is 53.5 cm³/mol. The third kappa shape index (κ3) is 2.88. The van der Waals surface area contributed by atoms with Gasteiger partial charge in [-0.3, -0.25) is 4.79 Å². The molecule has 1 aromatic carbocycles. The fourth-order valence-corrected chi connectivity index (χ4v) is 1.02. The number of carbonyl (C=O) groups is 1. The van der Waals surface area contributed by atoms with Crippen LogP contribution in [0.1, 0.15) is 12.0 Å². The van der Waals surface area contributed by atoms with Crippen LogP contribution in [0.2, 0.25) is 0 Å². The highest BCUT2D eigenvalue weighted by molar-refractivity contribution is 5.90. The first kappa shape index (κ1) is 10.2. The van der Waals surface area contributed by atoms with Gasteiger partial charge in [0.25, 0.3) is 0 Å². The van der Waals surface area contributed by atoms with Gasteiger partial charge >= 0.3 is 0 Å². The van der Waals surface area contributed by atoms with Gasteiger partial charge in [-0.1, -0.05) is 6.07 Å². The summed E-state index contributed by atoms with van der Waals surface area (Å²) in [6, 6.07) is 8.75. The summed E-state index contributed by atoms with van der Waals surface area (Å²) in [4.78, 5) is 11.1. The first-order valence-corrected chi connectivity index (χ1v) is 4.26. The predicted octanol–water partition coefficient (Wildman–Crippen LogP) is 0.846. The highest BCUT2D eigenvalue weighted by Crippen LogP contribution is 2.09. The normalized spacial score (nSPS) is 9.14. The van der Waals surface area contributed by atoms with Crippen LogP contribution < -0.4 is 11.1 Å². The zero-order valence-electron chi connectivity index (χ0n) is 7.66. The van der Waals surface area contributed by atoms with Crippen molar-refractivity contribution in [1.82, 2.24) is 0 Å². The Kier molecular flexibility index (Phi) is 3.65. The lowest BCUT2D eigenvalue weighted by molar-refractivity contribution is -0.116. The maximum atomic E-state index is 11.1. The van der Waals surface area contributed by atoms with Crippen LogP contribution in [0.25, 0.3) is 0 Å². The Morgan fingerprint density at radius 3 is 3.00 bits per heavy atom. The zero-order valence-corrected chi connectivity index (χ0v) is 7.66. The molecule has 0 spiro atoms. The van der Waals surface area contributed by atoms with E-state index in [9.17, 15) is 4.79 Å². The Morgan fingerprint density at radius 2 is 2.36 bits per heavy atom. The molecule has 1 rings (SSSR count). The van der Waals surface area contributed by atoms with Gasteiger partial charge in [0.05, 0.1) is 11.6 Å². The third-order valence-electron chi connectivity index (χ3n) is 1.65. The van der Waals surface area contributed by atoms with Gasteiger partial charge in [0.15, 0.2) is 0 Å². The fraction of sp³-hybridized carbons (Fsp3) is 0.200. The molecule has 0 atom stereocenters. The molecule has 1 aromatic rings. The molecule has 0 heterocycles. The summed E-state index contributed by atoms with van der Waals surface area (Å²) in [7, 11) is 0. The second-order valence-electron chi connectivity index (χ2n) is 2.78. The number of hydrogen-bond donors (Lipinski definition) is 2. The molecule has 0 radical (unpaired) electrons. The van der Waals surface area contributed by atoms with Crippen molar-refractivity contribution in [3.8, 4) is 6.07 Å². The van der Waals surface area contributed by atoms with Gasteiger partial charge in [0.1, 0.15) is 0 Å². The largest absolute Gasteiger partial charge is 0.330 e. The lowest BCUT2D eigenvalue weighted by Gasteiger charge is -2.03. The number of benzene rings is 1. The summed E-state index contributed by atoms with van der Waals surface area (Å²) in [6.45, 7) is 0.323. The number of carbonyl (C=O) groups excluding carboxylic acids is 1. The van der Waals surface area contributed by atoms with E-state index in [0.29, 0.717) is 17.8 Å². The smallest absolute Gasteiger partial charge is 0.225 e. The van der Waals surface area contributed by atoms with Crippen LogP contribution in [-0.2, 0) is 4.79 Å². The van der Waals surface area contributed by atoms with Crippen LogP contribution >= 0.6 is 0 Å². The van der Waals surface area contributed by atoms with Crippen molar-refractivity contribution in [2.75, 3.05) is 11.9 Å². The number of nitrogens with zero attached hydrogens (tertiary/aromatic N) is 1. The number of hydrogen-bond acceptors (Lipinski definition) is 3. The van der Waals surface area contributed by atoms with Crippen molar-refractivity contribution in [2.24, 2.45) is 5.73 Å². The number of nitrogens with two attached hydrogens (primary N) is 1. The lowest BCUT2D eigenvalue weighted by Crippen LogP contribution is -2.16. The number of amides is 1. The maximum Gasteiger partial charge on any atom is 0.225 e. The summed E-state index contributed by atoms with van der Waals surface area (Å²) < 4.78 is 0. The van der Waals surface area contributed by atoms with Crippen LogP contribution in [0.5, 0.6) is 0 Å². The van der Waals surface area contributed by atoms with Crippen LogP contribution in [0.4, 0.5) is 5.69 Å². The molecule has 1 amide bonds. The van der Waals surface area contributed by atoms with Gasteiger partial charge in [-0.15, -0.1) is 0 Å². The Balaban J connectivity index is 2.68. The molecule has 0 unspecified atom stereocenters. The molecule has 0 aromatic heterocycles. The number of nitriles is 1. The minimum absolute atomic E-state index is 0.136. The summed E-state index contributed by atoms with van der Waals surface area (Å²) >= 11 is 0. The average molecular weight is 189 g/mol. The molecule has 0 aliphatic heterocycles. The number of anilines is 1.